The second kappa shape index (κ2) is 9.83. The van der Waals surface area contributed by atoms with Crippen LogP contribution in [0.2, 0.25) is 0 Å². The number of amides is 1. The summed E-state index contributed by atoms with van der Waals surface area (Å²) in [4.78, 5) is 45.5. The van der Waals surface area contributed by atoms with E-state index in [1.807, 2.05) is 0 Å². The number of rotatable bonds is 7. The molecule has 2 aromatic carbocycles. The smallest absolute Gasteiger partial charge is 0.417 e. The fourth-order valence-corrected chi connectivity index (χ4v) is 2.39. The number of methoxy groups -OCH3 is 2. The summed E-state index contributed by atoms with van der Waals surface area (Å²) < 4.78 is 14.3. The van der Waals surface area contributed by atoms with Gasteiger partial charge in [0.15, 0.2) is 5.92 Å². The van der Waals surface area contributed by atoms with Crippen LogP contribution < -0.4 is 10.1 Å². The second-order valence-corrected chi connectivity index (χ2v) is 5.77. The van der Waals surface area contributed by atoms with Crippen molar-refractivity contribution in [1.29, 1.82) is 0 Å². The number of esters is 2. The van der Waals surface area contributed by atoms with Crippen molar-refractivity contribution in [3.05, 3.63) is 64.2 Å². The van der Waals surface area contributed by atoms with Crippen molar-refractivity contribution >= 4 is 29.4 Å². The largest absolute Gasteiger partial charge is 0.468 e. The molecule has 0 heterocycles. The van der Waals surface area contributed by atoms with Crippen LogP contribution in [0.5, 0.6) is 5.75 Å². The van der Waals surface area contributed by atoms with Crippen molar-refractivity contribution in [2.24, 2.45) is 5.92 Å². The molecule has 0 fully saturated rings. The van der Waals surface area contributed by atoms with E-state index in [2.05, 4.69) is 14.8 Å². The van der Waals surface area contributed by atoms with Crippen LogP contribution in [-0.4, -0.2) is 37.2 Å². The summed E-state index contributed by atoms with van der Waals surface area (Å²) in [5.74, 6) is -2.29. The summed E-state index contributed by atoms with van der Waals surface area (Å²) in [6.07, 6.45) is -0.720. The average Bonchev–Trinajstić information content (AvgIpc) is 2.72. The van der Waals surface area contributed by atoms with Crippen LogP contribution >= 0.6 is 0 Å². The first-order valence-electron chi connectivity index (χ1n) is 8.32. The van der Waals surface area contributed by atoms with Crippen LogP contribution in [0, 0.1) is 16.0 Å². The lowest BCUT2D eigenvalue weighted by atomic mass is 9.99. The van der Waals surface area contributed by atoms with Gasteiger partial charge in [0, 0.05) is 17.8 Å². The van der Waals surface area contributed by atoms with E-state index in [0.717, 1.165) is 0 Å². The number of ether oxygens (including phenoxy) is 3. The molecular formula is C19H18N2O8. The highest BCUT2D eigenvalue weighted by molar-refractivity contribution is 5.95. The zero-order valence-corrected chi connectivity index (χ0v) is 15.6. The Morgan fingerprint density at radius 3 is 2.00 bits per heavy atom. The molecule has 1 amide bonds. The minimum Gasteiger partial charge on any atom is -0.468 e. The van der Waals surface area contributed by atoms with E-state index in [-0.39, 0.29) is 17.9 Å². The first kappa shape index (κ1) is 21.4. The number of benzene rings is 2. The van der Waals surface area contributed by atoms with E-state index in [0.29, 0.717) is 11.3 Å². The molecule has 0 spiro atoms. The molecule has 10 nitrogen and oxygen atoms in total. The molecule has 0 saturated carbocycles. The van der Waals surface area contributed by atoms with Gasteiger partial charge in [-0.3, -0.25) is 25.0 Å². The lowest BCUT2D eigenvalue weighted by Crippen LogP contribution is -2.28. The van der Waals surface area contributed by atoms with Gasteiger partial charge < -0.3 is 14.2 Å². The van der Waals surface area contributed by atoms with Crippen molar-refractivity contribution < 1.29 is 33.5 Å². The lowest BCUT2D eigenvalue weighted by molar-refractivity contribution is -0.384. The average molecular weight is 402 g/mol. The topological polar surface area (TPSA) is 134 Å². The summed E-state index contributed by atoms with van der Waals surface area (Å²) in [6.45, 7) is 0. The number of nitrogens with zero attached hydrogens (tertiary/aromatic N) is 1. The van der Waals surface area contributed by atoms with E-state index < -0.39 is 28.9 Å². The molecule has 2 aromatic rings. The normalized spacial score (nSPS) is 10.2. The van der Waals surface area contributed by atoms with E-state index >= 15 is 0 Å². The molecule has 0 bridgehead atoms. The minimum atomic E-state index is -1.10. The molecule has 0 unspecified atom stereocenters. The van der Waals surface area contributed by atoms with Gasteiger partial charge in [0.2, 0.25) is 0 Å². The Morgan fingerprint density at radius 1 is 0.966 bits per heavy atom. The molecule has 0 aliphatic rings. The maximum atomic E-state index is 11.9. The predicted octanol–water partition coefficient (Wildman–Crippen LogP) is 2.71. The van der Waals surface area contributed by atoms with Gasteiger partial charge in [-0.15, -0.1) is 0 Å². The van der Waals surface area contributed by atoms with Crippen LogP contribution in [0.4, 0.5) is 16.2 Å². The summed E-state index contributed by atoms with van der Waals surface area (Å²) in [6, 6.07) is 11.4. The van der Waals surface area contributed by atoms with Gasteiger partial charge >= 0.3 is 18.0 Å². The van der Waals surface area contributed by atoms with Gasteiger partial charge in [0.25, 0.3) is 5.69 Å². The maximum Gasteiger partial charge on any atom is 0.417 e. The molecule has 0 radical (unpaired) electrons. The first-order chi connectivity index (χ1) is 13.8. The van der Waals surface area contributed by atoms with Crippen molar-refractivity contribution in [2.75, 3.05) is 19.5 Å². The molecule has 0 aliphatic carbocycles. The minimum absolute atomic E-state index is 0.0641. The Bertz CT molecular complexity index is 877. The van der Waals surface area contributed by atoms with Crippen LogP contribution in [0.3, 0.4) is 0 Å². The molecular weight excluding hydrogens is 384 g/mol. The first-order valence-corrected chi connectivity index (χ1v) is 8.32. The Hall–Kier alpha value is -3.95. The molecule has 0 aliphatic heterocycles. The van der Waals surface area contributed by atoms with Gasteiger partial charge in [-0.05, 0) is 36.2 Å². The fourth-order valence-electron chi connectivity index (χ4n) is 2.39. The fraction of sp³-hybridized carbons (Fsp3) is 0.211. The van der Waals surface area contributed by atoms with Gasteiger partial charge in [-0.2, -0.15) is 0 Å². The Labute approximate surface area is 165 Å². The summed E-state index contributed by atoms with van der Waals surface area (Å²) >= 11 is 0. The summed E-state index contributed by atoms with van der Waals surface area (Å²) in [7, 11) is 2.36. The standard InChI is InChI=1S/C19H18N2O8/c1-27-17(22)16(18(23)28-2)11-12-3-9-15(10-4-12)29-19(24)20-13-5-7-14(8-6-13)21(25)26/h3-10,16H,11H2,1-2H3,(H,20,24). The molecule has 10 heteroatoms. The number of anilines is 1. The molecule has 2 rings (SSSR count). The molecule has 29 heavy (non-hydrogen) atoms. The number of carbonyl (C=O) groups is 3. The van der Waals surface area contributed by atoms with E-state index in [4.69, 9.17) is 4.74 Å². The molecule has 0 saturated heterocycles. The monoisotopic (exact) mass is 402 g/mol. The number of carbonyl (C=O) groups excluding carboxylic acids is 3. The van der Waals surface area contributed by atoms with E-state index in [1.54, 1.807) is 12.1 Å². The number of nitro groups is 1. The van der Waals surface area contributed by atoms with Gasteiger partial charge in [-0.25, -0.2) is 4.79 Å². The van der Waals surface area contributed by atoms with Gasteiger partial charge in [0.1, 0.15) is 5.75 Å². The van der Waals surface area contributed by atoms with Crippen LogP contribution in [-0.2, 0) is 25.5 Å². The second-order valence-electron chi connectivity index (χ2n) is 5.77. The maximum absolute atomic E-state index is 11.9. The van der Waals surface area contributed by atoms with E-state index in [1.165, 1.54) is 50.6 Å². The Balaban J connectivity index is 1.97. The van der Waals surface area contributed by atoms with E-state index in [9.17, 15) is 24.5 Å². The third-order valence-electron chi connectivity index (χ3n) is 3.87. The predicted molar refractivity (Wildman–Crippen MR) is 100 cm³/mol. The highest BCUT2D eigenvalue weighted by atomic mass is 16.6. The zero-order valence-electron chi connectivity index (χ0n) is 15.6. The number of nitrogens with one attached hydrogen (secondary N) is 1. The van der Waals surface area contributed by atoms with Gasteiger partial charge in [-0.1, -0.05) is 12.1 Å². The Morgan fingerprint density at radius 2 is 1.52 bits per heavy atom. The number of hydrogen-bond acceptors (Lipinski definition) is 8. The Kier molecular flexibility index (Phi) is 7.24. The van der Waals surface area contributed by atoms with Crippen LogP contribution in [0.25, 0.3) is 0 Å². The van der Waals surface area contributed by atoms with Crippen molar-refractivity contribution in [2.45, 2.75) is 6.42 Å². The number of non-ortho nitro benzene ring substituents is 1. The van der Waals surface area contributed by atoms with Crippen LogP contribution in [0.1, 0.15) is 5.56 Å². The highest BCUT2D eigenvalue weighted by Crippen LogP contribution is 2.19. The molecule has 0 aromatic heterocycles. The van der Waals surface area contributed by atoms with Crippen molar-refractivity contribution in [3.8, 4) is 5.75 Å². The number of hydrogen-bond donors (Lipinski definition) is 1. The third-order valence-corrected chi connectivity index (χ3v) is 3.87. The van der Waals surface area contributed by atoms with Crippen molar-refractivity contribution in [3.63, 3.8) is 0 Å². The molecule has 1 N–H and O–H groups in total. The summed E-state index contributed by atoms with van der Waals surface area (Å²) in [5, 5.41) is 13.1. The number of nitro benzene ring substituents is 1. The zero-order chi connectivity index (χ0) is 21.4. The van der Waals surface area contributed by atoms with Gasteiger partial charge in [0.05, 0.1) is 19.1 Å². The lowest BCUT2D eigenvalue weighted by Gasteiger charge is -2.12. The summed E-state index contributed by atoms with van der Waals surface area (Å²) in [5.41, 5.74) is 0.863. The quantitative estimate of drug-likeness (QED) is 0.323. The third kappa shape index (κ3) is 6.03. The molecule has 152 valence electrons. The van der Waals surface area contributed by atoms with Crippen molar-refractivity contribution in [1.82, 2.24) is 0 Å². The SMILES string of the molecule is COC(=O)C(Cc1ccc(OC(=O)Nc2ccc([N+](=O)[O-])cc2)cc1)C(=O)OC. The van der Waals surface area contributed by atoms with Crippen LogP contribution in [0.15, 0.2) is 48.5 Å². The highest BCUT2D eigenvalue weighted by Gasteiger charge is 2.28. The molecule has 0 atom stereocenters.